The highest BCUT2D eigenvalue weighted by Gasteiger charge is 2.54. The van der Waals surface area contributed by atoms with Crippen LogP contribution in [0.15, 0.2) is 24.3 Å². The highest BCUT2D eigenvalue weighted by Crippen LogP contribution is 2.58. The summed E-state index contributed by atoms with van der Waals surface area (Å²) < 4.78 is 29.3. The molecule has 192 valence electrons. The molecule has 0 radical (unpaired) electrons. The largest absolute Gasteiger partial charge is 0.504 e. The van der Waals surface area contributed by atoms with Crippen molar-refractivity contribution in [2.75, 3.05) is 34.1 Å². The minimum atomic E-state index is -0.421. The SMILES string of the molecule is CC.CCN(CC)C12CCCCC1C(c1cc(O)c(OC)c(OC)c1)c1cc3c(cc1O2)OCO3. The van der Waals surface area contributed by atoms with Crippen LogP contribution in [0.25, 0.3) is 0 Å². The molecule has 0 aromatic heterocycles. The van der Waals surface area contributed by atoms with Crippen LogP contribution in [0.4, 0.5) is 0 Å². The van der Waals surface area contributed by atoms with Gasteiger partial charge in [0.2, 0.25) is 12.5 Å². The molecular formula is C28H39NO6. The van der Waals surface area contributed by atoms with Crippen molar-refractivity contribution in [3.63, 3.8) is 0 Å². The number of aromatic hydroxyl groups is 1. The van der Waals surface area contributed by atoms with Crippen molar-refractivity contribution in [2.24, 2.45) is 5.92 Å². The van der Waals surface area contributed by atoms with Crippen LogP contribution in [0, 0.1) is 5.92 Å². The first-order valence-corrected chi connectivity index (χ1v) is 12.9. The molecule has 35 heavy (non-hydrogen) atoms. The predicted octanol–water partition coefficient (Wildman–Crippen LogP) is 5.92. The average molecular weight is 486 g/mol. The number of rotatable bonds is 6. The second-order valence-corrected chi connectivity index (χ2v) is 8.97. The molecule has 2 heterocycles. The summed E-state index contributed by atoms with van der Waals surface area (Å²) in [5, 5.41) is 10.8. The first-order chi connectivity index (χ1) is 17.1. The van der Waals surface area contributed by atoms with Crippen molar-refractivity contribution >= 4 is 0 Å². The topological polar surface area (TPSA) is 69.6 Å². The van der Waals surface area contributed by atoms with Crippen LogP contribution in [0.5, 0.6) is 34.5 Å². The Morgan fingerprint density at radius 1 is 0.971 bits per heavy atom. The van der Waals surface area contributed by atoms with E-state index in [0.29, 0.717) is 17.2 Å². The Hall–Kier alpha value is -2.80. The number of phenols is 1. The zero-order valence-corrected chi connectivity index (χ0v) is 21.8. The van der Waals surface area contributed by atoms with Gasteiger partial charge in [0.15, 0.2) is 28.7 Å². The van der Waals surface area contributed by atoms with E-state index in [1.54, 1.807) is 7.11 Å². The fourth-order valence-electron chi connectivity index (χ4n) is 6.16. The molecule has 1 aliphatic carbocycles. The van der Waals surface area contributed by atoms with Crippen molar-refractivity contribution < 1.29 is 28.8 Å². The molecule has 3 aliphatic rings. The van der Waals surface area contributed by atoms with Crippen LogP contribution in [0.1, 0.15) is 70.4 Å². The van der Waals surface area contributed by atoms with Crippen molar-refractivity contribution in [1.82, 2.24) is 4.90 Å². The lowest BCUT2D eigenvalue weighted by molar-refractivity contribution is -0.159. The highest BCUT2D eigenvalue weighted by atomic mass is 16.7. The average Bonchev–Trinajstić information content (AvgIpc) is 3.34. The molecular weight excluding hydrogens is 446 g/mol. The summed E-state index contributed by atoms with van der Waals surface area (Å²) in [6.45, 7) is 10.4. The lowest BCUT2D eigenvalue weighted by atomic mass is 9.66. The summed E-state index contributed by atoms with van der Waals surface area (Å²) in [5.74, 6) is 3.41. The number of hydrogen-bond acceptors (Lipinski definition) is 7. The maximum absolute atomic E-state index is 10.8. The normalized spacial score (nSPS) is 24.0. The van der Waals surface area contributed by atoms with E-state index in [1.807, 2.05) is 32.0 Å². The number of ether oxygens (including phenoxy) is 5. The third-order valence-electron chi connectivity index (χ3n) is 7.55. The molecule has 1 fully saturated rings. The van der Waals surface area contributed by atoms with Gasteiger partial charge in [0, 0.05) is 29.9 Å². The van der Waals surface area contributed by atoms with Gasteiger partial charge in [-0.05, 0) is 49.7 Å². The summed E-state index contributed by atoms with van der Waals surface area (Å²) in [5.41, 5.74) is 1.62. The molecule has 0 saturated heterocycles. The van der Waals surface area contributed by atoms with Gasteiger partial charge in [0.05, 0.1) is 14.2 Å². The van der Waals surface area contributed by atoms with E-state index in [2.05, 4.69) is 24.8 Å². The summed E-state index contributed by atoms with van der Waals surface area (Å²) in [6, 6.07) is 7.83. The number of benzene rings is 2. The van der Waals surface area contributed by atoms with Crippen LogP contribution in [-0.2, 0) is 0 Å². The van der Waals surface area contributed by atoms with E-state index in [9.17, 15) is 5.11 Å². The standard InChI is InChI=1S/C26H33NO6.C2H6/c1-5-27(6-2)26-10-8-7-9-18(26)24(16-11-19(28)25(30-4)23(12-16)29-3)17-13-21-22(32-15-31-21)14-20(17)33-26;1-2/h11-14,18,24,28H,5-10,15H2,1-4H3;1-2H3. The van der Waals surface area contributed by atoms with Crippen molar-refractivity contribution in [2.45, 2.75) is 65.0 Å². The summed E-state index contributed by atoms with van der Waals surface area (Å²) in [7, 11) is 3.13. The van der Waals surface area contributed by atoms with E-state index in [0.717, 1.165) is 61.4 Å². The monoisotopic (exact) mass is 485 g/mol. The van der Waals surface area contributed by atoms with E-state index < -0.39 is 5.72 Å². The molecule has 2 aromatic rings. The van der Waals surface area contributed by atoms with Crippen molar-refractivity contribution in [3.05, 3.63) is 35.4 Å². The van der Waals surface area contributed by atoms with Gasteiger partial charge in [0.1, 0.15) is 5.75 Å². The van der Waals surface area contributed by atoms with Crippen LogP contribution < -0.4 is 23.7 Å². The van der Waals surface area contributed by atoms with E-state index in [-0.39, 0.29) is 24.4 Å². The molecule has 2 aliphatic heterocycles. The summed E-state index contributed by atoms with van der Waals surface area (Å²) >= 11 is 0. The first-order valence-electron chi connectivity index (χ1n) is 12.9. The Kier molecular flexibility index (Phi) is 7.55. The van der Waals surface area contributed by atoms with Gasteiger partial charge in [-0.15, -0.1) is 0 Å². The Bertz CT molecular complexity index is 1040. The molecule has 2 aromatic carbocycles. The fourth-order valence-corrected chi connectivity index (χ4v) is 6.16. The van der Waals surface area contributed by atoms with Gasteiger partial charge >= 0.3 is 0 Å². The molecule has 0 amide bonds. The quantitative estimate of drug-likeness (QED) is 0.545. The fraction of sp³-hybridized carbons (Fsp3) is 0.571. The van der Waals surface area contributed by atoms with Crippen molar-refractivity contribution in [1.29, 1.82) is 0 Å². The molecule has 3 unspecified atom stereocenters. The second-order valence-electron chi connectivity index (χ2n) is 8.97. The lowest BCUT2D eigenvalue weighted by Crippen LogP contribution is -2.62. The van der Waals surface area contributed by atoms with Gasteiger partial charge in [-0.3, -0.25) is 4.90 Å². The minimum absolute atomic E-state index is 0.00476. The van der Waals surface area contributed by atoms with Gasteiger partial charge in [-0.25, -0.2) is 0 Å². The number of fused-ring (bicyclic) bond motifs is 3. The smallest absolute Gasteiger partial charge is 0.231 e. The van der Waals surface area contributed by atoms with Crippen LogP contribution in [0.3, 0.4) is 0 Å². The van der Waals surface area contributed by atoms with Crippen LogP contribution >= 0.6 is 0 Å². The molecule has 5 rings (SSSR count). The zero-order valence-electron chi connectivity index (χ0n) is 21.8. The molecule has 7 heteroatoms. The molecule has 0 spiro atoms. The maximum atomic E-state index is 10.8. The summed E-state index contributed by atoms with van der Waals surface area (Å²) in [4.78, 5) is 2.46. The first kappa shape index (κ1) is 25.3. The van der Waals surface area contributed by atoms with Crippen LogP contribution in [0.2, 0.25) is 0 Å². The van der Waals surface area contributed by atoms with Gasteiger partial charge in [-0.1, -0.05) is 34.1 Å². The molecule has 1 N–H and O–H groups in total. The Balaban J connectivity index is 0.00000141. The Morgan fingerprint density at radius 3 is 2.34 bits per heavy atom. The Morgan fingerprint density at radius 2 is 1.69 bits per heavy atom. The summed E-state index contributed by atoms with van der Waals surface area (Å²) in [6.07, 6.45) is 4.26. The number of hydrogen-bond donors (Lipinski definition) is 1. The maximum Gasteiger partial charge on any atom is 0.231 e. The molecule has 0 bridgehead atoms. The van der Waals surface area contributed by atoms with E-state index in [1.165, 1.54) is 7.11 Å². The third kappa shape index (κ3) is 4.14. The number of phenolic OH excluding ortho intramolecular Hbond substituents is 1. The van der Waals surface area contributed by atoms with Gasteiger partial charge in [-0.2, -0.15) is 0 Å². The van der Waals surface area contributed by atoms with Crippen molar-refractivity contribution in [3.8, 4) is 34.5 Å². The molecule has 1 saturated carbocycles. The van der Waals surface area contributed by atoms with Gasteiger partial charge < -0.3 is 28.8 Å². The highest BCUT2D eigenvalue weighted by molar-refractivity contribution is 5.60. The molecule has 3 atom stereocenters. The van der Waals surface area contributed by atoms with E-state index >= 15 is 0 Å². The second kappa shape index (κ2) is 10.4. The third-order valence-corrected chi connectivity index (χ3v) is 7.55. The zero-order chi connectivity index (χ0) is 25.2. The number of nitrogens with zero attached hydrogens (tertiary/aromatic N) is 1. The van der Waals surface area contributed by atoms with Gasteiger partial charge in [0.25, 0.3) is 0 Å². The number of methoxy groups -OCH3 is 2. The lowest BCUT2D eigenvalue weighted by Gasteiger charge is -2.56. The molecule has 7 nitrogen and oxygen atoms in total. The van der Waals surface area contributed by atoms with Crippen LogP contribution in [-0.4, -0.2) is 49.8 Å². The minimum Gasteiger partial charge on any atom is -0.504 e. The Labute approximate surface area is 208 Å². The predicted molar refractivity (Wildman–Crippen MR) is 135 cm³/mol. The van der Waals surface area contributed by atoms with E-state index in [4.69, 9.17) is 23.7 Å².